The summed E-state index contributed by atoms with van der Waals surface area (Å²) in [5.41, 5.74) is 2.45. The molecule has 1 N–H and O–H groups in total. The van der Waals surface area contributed by atoms with Crippen LogP contribution in [0, 0.1) is 18.8 Å². The lowest BCUT2D eigenvalue weighted by atomic mass is 9.91. The Labute approximate surface area is 118 Å². The second-order valence-corrected chi connectivity index (χ2v) is 6.33. The van der Waals surface area contributed by atoms with Crippen molar-refractivity contribution in [1.29, 1.82) is 0 Å². The van der Waals surface area contributed by atoms with Crippen LogP contribution in [0.15, 0.2) is 4.47 Å². The van der Waals surface area contributed by atoms with E-state index in [4.69, 9.17) is 0 Å². The summed E-state index contributed by atoms with van der Waals surface area (Å²) in [6.45, 7) is 7.73. The molecule has 2 rings (SSSR count). The minimum absolute atomic E-state index is 0.702. The lowest BCUT2D eigenvalue weighted by Crippen LogP contribution is -2.32. The fraction of sp³-hybridized carbons (Fsp3) is 0.786. The molecule has 18 heavy (non-hydrogen) atoms. The summed E-state index contributed by atoms with van der Waals surface area (Å²) in [5.74, 6) is 1.53. The van der Waals surface area contributed by atoms with Crippen LogP contribution in [0.1, 0.15) is 38.1 Å². The van der Waals surface area contributed by atoms with Gasteiger partial charge in [-0.05, 0) is 60.5 Å². The maximum absolute atomic E-state index is 4.49. The van der Waals surface area contributed by atoms with Crippen LogP contribution in [0.3, 0.4) is 0 Å². The van der Waals surface area contributed by atoms with Crippen molar-refractivity contribution in [2.24, 2.45) is 18.9 Å². The Morgan fingerprint density at radius 3 is 2.72 bits per heavy atom. The van der Waals surface area contributed by atoms with Gasteiger partial charge in [0.1, 0.15) is 0 Å². The fourth-order valence-electron chi connectivity index (χ4n) is 3.24. The summed E-state index contributed by atoms with van der Waals surface area (Å²) in [6.07, 6.45) is 3.78. The van der Waals surface area contributed by atoms with E-state index in [1.165, 1.54) is 23.0 Å². The van der Waals surface area contributed by atoms with Gasteiger partial charge in [0.2, 0.25) is 0 Å². The Balaban J connectivity index is 2.06. The average Bonchev–Trinajstić information content (AvgIpc) is 2.78. The molecule has 1 aliphatic rings. The normalized spacial score (nSPS) is 27.9. The third kappa shape index (κ3) is 2.64. The van der Waals surface area contributed by atoms with Crippen LogP contribution in [0.2, 0.25) is 0 Å². The quantitative estimate of drug-likeness (QED) is 0.926. The monoisotopic (exact) mass is 313 g/mol. The van der Waals surface area contributed by atoms with Crippen molar-refractivity contribution in [3.8, 4) is 0 Å². The molecule has 1 saturated carbocycles. The van der Waals surface area contributed by atoms with Crippen LogP contribution in [-0.2, 0) is 13.5 Å². The molecule has 102 valence electrons. The Kier molecular flexibility index (Phi) is 4.49. The molecule has 0 bridgehead atoms. The third-order valence-electron chi connectivity index (χ3n) is 4.41. The third-order valence-corrected chi connectivity index (χ3v) is 5.44. The molecule has 0 saturated heterocycles. The number of aromatic nitrogens is 2. The Bertz CT molecular complexity index is 413. The molecule has 1 aromatic rings. The standard InChI is InChI=1S/C14H24BrN3/c1-5-16-12-7-6-11(9(12)2)8-13-14(15)10(3)17-18(13)4/h9,11-12,16H,5-8H2,1-4H3. The molecule has 3 unspecified atom stereocenters. The maximum atomic E-state index is 4.49. The molecule has 0 aromatic carbocycles. The zero-order valence-corrected chi connectivity index (χ0v) is 13.4. The van der Waals surface area contributed by atoms with Crippen molar-refractivity contribution in [1.82, 2.24) is 15.1 Å². The van der Waals surface area contributed by atoms with Gasteiger partial charge < -0.3 is 5.32 Å². The second-order valence-electron chi connectivity index (χ2n) is 5.53. The number of aryl methyl sites for hydroxylation is 2. The first-order valence-electron chi connectivity index (χ1n) is 6.96. The lowest BCUT2D eigenvalue weighted by molar-refractivity contribution is 0.350. The van der Waals surface area contributed by atoms with E-state index in [1.54, 1.807) is 0 Å². The highest BCUT2D eigenvalue weighted by Crippen LogP contribution is 2.36. The Morgan fingerprint density at radius 2 is 2.17 bits per heavy atom. The second kappa shape index (κ2) is 5.74. The van der Waals surface area contributed by atoms with Crippen LogP contribution >= 0.6 is 15.9 Å². The maximum Gasteiger partial charge on any atom is 0.0738 e. The predicted octanol–water partition coefficient (Wildman–Crippen LogP) is 3.06. The number of nitrogens with zero attached hydrogens (tertiary/aromatic N) is 2. The average molecular weight is 314 g/mol. The van der Waals surface area contributed by atoms with Gasteiger partial charge in [-0.25, -0.2) is 0 Å². The molecule has 0 amide bonds. The first-order chi connectivity index (χ1) is 8.54. The van der Waals surface area contributed by atoms with Gasteiger partial charge in [-0.15, -0.1) is 0 Å². The van der Waals surface area contributed by atoms with Crippen molar-refractivity contribution < 1.29 is 0 Å². The number of rotatable bonds is 4. The highest BCUT2D eigenvalue weighted by molar-refractivity contribution is 9.10. The predicted molar refractivity (Wildman–Crippen MR) is 78.7 cm³/mol. The number of hydrogen-bond acceptors (Lipinski definition) is 2. The summed E-state index contributed by atoms with van der Waals surface area (Å²) < 4.78 is 3.23. The summed E-state index contributed by atoms with van der Waals surface area (Å²) in [4.78, 5) is 0. The topological polar surface area (TPSA) is 29.9 Å². The zero-order chi connectivity index (χ0) is 13.3. The summed E-state index contributed by atoms with van der Waals surface area (Å²) in [6, 6.07) is 0.702. The summed E-state index contributed by atoms with van der Waals surface area (Å²) >= 11 is 3.68. The van der Waals surface area contributed by atoms with Crippen molar-refractivity contribution in [2.75, 3.05) is 6.54 Å². The highest BCUT2D eigenvalue weighted by atomic mass is 79.9. The van der Waals surface area contributed by atoms with Gasteiger partial charge in [0.25, 0.3) is 0 Å². The van der Waals surface area contributed by atoms with E-state index in [1.807, 2.05) is 4.68 Å². The molecule has 1 fully saturated rings. The molecule has 1 aromatic heterocycles. The molecule has 0 radical (unpaired) electrons. The minimum Gasteiger partial charge on any atom is -0.314 e. The van der Waals surface area contributed by atoms with E-state index in [-0.39, 0.29) is 0 Å². The summed E-state index contributed by atoms with van der Waals surface area (Å²) in [7, 11) is 2.05. The van der Waals surface area contributed by atoms with Gasteiger partial charge in [0.05, 0.1) is 15.9 Å². The lowest BCUT2D eigenvalue weighted by Gasteiger charge is -2.21. The number of hydrogen-bond donors (Lipinski definition) is 1. The van der Waals surface area contributed by atoms with Crippen molar-refractivity contribution in [2.45, 2.75) is 46.1 Å². The summed E-state index contributed by atoms with van der Waals surface area (Å²) in [5, 5.41) is 8.10. The van der Waals surface area contributed by atoms with Gasteiger partial charge in [-0.3, -0.25) is 4.68 Å². The first-order valence-corrected chi connectivity index (χ1v) is 7.75. The highest BCUT2D eigenvalue weighted by Gasteiger charge is 2.33. The molecule has 3 atom stereocenters. The molecular formula is C14H24BrN3. The van der Waals surface area contributed by atoms with Crippen LogP contribution in [0.4, 0.5) is 0 Å². The van der Waals surface area contributed by atoms with Crippen LogP contribution in [-0.4, -0.2) is 22.4 Å². The molecule has 0 spiro atoms. The van der Waals surface area contributed by atoms with E-state index in [0.29, 0.717) is 6.04 Å². The van der Waals surface area contributed by atoms with Gasteiger partial charge >= 0.3 is 0 Å². The van der Waals surface area contributed by atoms with Crippen molar-refractivity contribution in [3.63, 3.8) is 0 Å². The van der Waals surface area contributed by atoms with E-state index in [9.17, 15) is 0 Å². The molecule has 1 aliphatic carbocycles. The smallest absolute Gasteiger partial charge is 0.0738 e. The molecule has 1 heterocycles. The van der Waals surface area contributed by atoms with E-state index in [2.05, 4.69) is 54.2 Å². The van der Waals surface area contributed by atoms with Gasteiger partial charge in [0.15, 0.2) is 0 Å². The number of halogens is 1. The van der Waals surface area contributed by atoms with Crippen molar-refractivity contribution >= 4 is 15.9 Å². The molecule has 3 nitrogen and oxygen atoms in total. The molecular weight excluding hydrogens is 290 g/mol. The van der Waals surface area contributed by atoms with E-state index >= 15 is 0 Å². The zero-order valence-electron chi connectivity index (χ0n) is 11.8. The molecule has 4 heteroatoms. The van der Waals surface area contributed by atoms with Crippen LogP contribution < -0.4 is 5.32 Å². The van der Waals surface area contributed by atoms with E-state index in [0.717, 1.165) is 30.5 Å². The minimum atomic E-state index is 0.702. The molecule has 0 aliphatic heterocycles. The Morgan fingerprint density at radius 1 is 1.44 bits per heavy atom. The Hall–Kier alpha value is -0.350. The largest absolute Gasteiger partial charge is 0.314 e. The van der Waals surface area contributed by atoms with Crippen molar-refractivity contribution in [3.05, 3.63) is 15.9 Å². The van der Waals surface area contributed by atoms with Crippen LogP contribution in [0.25, 0.3) is 0 Å². The van der Waals surface area contributed by atoms with Crippen LogP contribution in [0.5, 0.6) is 0 Å². The first kappa shape index (κ1) is 14.1. The SMILES string of the molecule is CCNC1CCC(Cc2c(Br)c(C)nn2C)C1C. The number of nitrogens with one attached hydrogen (secondary N) is 1. The van der Waals surface area contributed by atoms with Gasteiger partial charge in [-0.2, -0.15) is 5.10 Å². The van der Waals surface area contributed by atoms with E-state index < -0.39 is 0 Å². The van der Waals surface area contributed by atoms with Gasteiger partial charge in [-0.1, -0.05) is 13.8 Å². The fourth-order valence-corrected chi connectivity index (χ4v) is 3.73. The van der Waals surface area contributed by atoms with Gasteiger partial charge in [0, 0.05) is 13.1 Å².